The van der Waals surface area contributed by atoms with Gasteiger partial charge in [-0.15, -0.1) is 0 Å². The Labute approximate surface area is 215 Å². The van der Waals surface area contributed by atoms with Crippen LogP contribution in [0.2, 0.25) is 0 Å². The molecule has 0 saturated heterocycles. The number of benzene rings is 2. The normalized spacial score (nSPS) is 11.1. The zero-order valence-electron chi connectivity index (χ0n) is 21.4. The number of halogens is 3. The van der Waals surface area contributed by atoms with Gasteiger partial charge in [-0.05, 0) is 39.9 Å². The molecule has 1 N–H and O–H groups in total. The molecular formula is C26H34BrF2N5O. The monoisotopic (exact) mass is 549 g/mol. The van der Waals surface area contributed by atoms with Crippen molar-refractivity contribution in [1.29, 1.82) is 0 Å². The van der Waals surface area contributed by atoms with Crippen LogP contribution in [-0.2, 0) is 0 Å². The van der Waals surface area contributed by atoms with E-state index in [4.69, 9.17) is 4.74 Å². The highest BCUT2D eigenvalue weighted by Crippen LogP contribution is 2.37. The summed E-state index contributed by atoms with van der Waals surface area (Å²) in [4.78, 5) is 14.1. The van der Waals surface area contributed by atoms with Crippen molar-refractivity contribution in [3.8, 4) is 5.75 Å². The van der Waals surface area contributed by atoms with Crippen molar-refractivity contribution in [3.05, 3.63) is 52.8 Å². The first-order chi connectivity index (χ1) is 16.7. The topological polar surface area (TPSA) is 62.6 Å². The average molecular weight is 550 g/mol. The number of aromatic nitrogens is 2. The minimum Gasteiger partial charge on any atom is -0.488 e. The van der Waals surface area contributed by atoms with E-state index in [1.807, 2.05) is 53.6 Å². The maximum atomic E-state index is 15.0. The second-order valence-corrected chi connectivity index (χ2v) is 8.10. The SMILES string of the molecule is C=Cc1c(F)c(Nc2ncnc3cc(Br)cc(OC(C)CN(C)C)c23)cc(F)c1N=C.CC.CC. The number of likely N-dealkylation sites (N-methyl/N-ethyl adjacent to an activating group) is 1. The molecule has 3 rings (SSSR count). The number of fused-ring (bicyclic) bond motifs is 1. The van der Waals surface area contributed by atoms with Gasteiger partial charge in [-0.2, -0.15) is 0 Å². The Bertz CT molecular complexity index is 1150. The number of hydrogen-bond donors (Lipinski definition) is 1. The average Bonchev–Trinajstić information content (AvgIpc) is 2.82. The molecule has 35 heavy (non-hydrogen) atoms. The van der Waals surface area contributed by atoms with Crippen LogP contribution in [0.25, 0.3) is 17.0 Å². The predicted octanol–water partition coefficient (Wildman–Crippen LogP) is 7.77. The van der Waals surface area contributed by atoms with Crippen LogP contribution in [0.4, 0.5) is 26.0 Å². The van der Waals surface area contributed by atoms with E-state index in [9.17, 15) is 4.39 Å². The van der Waals surface area contributed by atoms with Gasteiger partial charge in [0.15, 0.2) is 11.6 Å². The van der Waals surface area contributed by atoms with E-state index in [-0.39, 0.29) is 28.9 Å². The summed E-state index contributed by atoms with van der Waals surface area (Å²) >= 11 is 3.46. The van der Waals surface area contributed by atoms with Gasteiger partial charge < -0.3 is 15.0 Å². The molecule has 0 radical (unpaired) electrons. The Morgan fingerprint density at radius 1 is 1.17 bits per heavy atom. The van der Waals surface area contributed by atoms with E-state index in [0.717, 1.165) is 10.5 Å². The van der Waals surface area contributed by atoms with Gasteiger partial charge >= 0.3 is 0 Å². The van der Waals surface area contributed by atoms with Crippen LogP contribution < -0.4 is 10.1 Å². The lowest BCUT2D eigenvalue weighted by Gasteiger charge is -2.21. The fourth-order valence-corrected chi connectivity index (χ4v) is 3.70. The summed E-state index contributed by atoms with van der Waals surface area (Å²) in [6.45, 7) is 17.5. The molecule has 1 atom stereocenters. The molecule has 0 aliphatic rings. The number of hydrogen-bond acceptors (Lipinski definition) is 6. The Balaban J connectivity index is 0.00000145. The Hall–Kier alpha value is -2.91. The lowest BCUT2D eigenvalue weighted by atomic mass is 10.1. The van der Waals surface area contributed by atoms with Crippen LogP contribution in [0, 0.1) is 11.6 Å². The predicted molar refractivity (Wildman–Crippen MR) is 148 cm³/mol. The minimum atomic E-state index is -0.731. The highest BCUT2D eigenvalue weighted by atomic mass is 79.9. The third kappa shape index (κ3) is 7.53. The Kier molecular flexibility index (Phi) is 12.5. The van der Waals surface area contributed by atoms with Crippen molar-refractivity contribution in [3.63, 3.8) is 0 Å². The van der Waals surface area contributed by atoms with Crippen molar-refractivity contribution in [2.75, 3.05) is 26.0 Å². The van der Waals surface area contributed by atoms with Crippen LogP contribution in [0.1, 0.15) is 40.2 Å². The molecule has 1 unspecified atom stereocenters. The molecule has 1 heterocycles. The smallest absolute Gasteiger partial charge is 0.156 e. The van der Waals surface area contributed by atoms with E-state index in [1.165, 1.54) is 12.4 Å². The number of nitrogens with one attached hydrogen (secondary N) is 1. The molecular weight excluding hydrogens is 516 g/mol. The lowest BCUT2D eigenvalue weighted by Crippen LogP contribution is -2.28. The first kappa shape index (κ1) is 30.1. The number of rotatable bonds is 8. The van der Waals surface area contributed by atoms with Crippen molar-refractivity contribution in [2.45, 2.75) is 40.7 Å². The summed E-state index contributed by atoms with van der Waals surface area (Å²) in [6, 6.07) is 4.59. The zero-order chi connectivity index (χ0) is 26.7. The Morgan fingerprint density at radius 3 is 2.40 bits per heavy atom. The van der Waals surface area contributed by atoms with Gasteiger partial charge in [0.1, 0.15) is 29.7 Å². The summed E-state index contributed by atoms with van der Waals surface area (Å²) in [5, 5.41) is 3.42. The van der Waals surface area contributed by atoms with Gasteiger partial charge in [0.25, 0.3) is 0 Å². The summed E-state index contributed by atoms with van der Waals surface area (Å²) < 4.78 is 36.4. The van der Waals surface area contributed by atoms with Crippen LogP contribution in [0.3, 0.4) is 0 Å². The van der Waals surface area contributed by atoms with Crippen LogP contribution >= 0.6 is 15.9 Å². The molecule has 190 valence electrons. The third-order valence-corrected chi connectivity index (χ3v) is 4.92. The number of ether oxygens (including phenoxy) is 1. The molecule has 0 amide bonds. The zero-order valence-corrected chi connectivity index (χ0v) is 23.0. The molecule has 0 aliphatic carbocycles. The maximum Gasteiger partial charge on any atom is 0.156 e. The maximum absolute atomic E-state index is 15.0. The van der Waals surface area contributed by atoms with Crippen LogP contribution in [0.15, 0.2) is 40.6 Å². The summed E-state index contributed by atoms with van der Waals surface area (Å²) in [5.74, 6) is -0.662. The van der Waals surface area contributed by atoms with Gasteiger partial charge in [0.05, 0.1) is 16.6 Å². The van der Waals surface area contributed by atoms with Crippen LogP contribution in [-0.4, -0.2) is 48.3 Å². The second kappa shape index (κ2) is 14.5. The molecule has 0 aliphatic heterocycles. The number of aliphatic imine (C=N–C) groups is 1. The van der Waals surface area contributed by atoms with Gasteiger partial charge in [-0.3, -0.25) is 4.99 Å². The summed E-state index contributed by atoms with van der Waals surface area (Å²) in [7, 11) is 3.90. The van der Waals surface area contributed by atoms with Crippen molar-refractivity contribution < 1.29 is 13.5 Å². The molecule has 3 aromatic rings. The second-order valence-electron chi connectivity index (χ2n) is 7.18. The van der Waals surface area contributed by atoms with Crippen molar-refractivity contribution in [1.82, 2.24) is 14.9 Å². The largest absolute Gasteiger partial charge is 0.488 e. The molecule has 0 fully saturated rings. The highest BCUT2D eigenvalue weighted by molar-refractivity contribution is 9.10. The molecule has 9 heteroatoms. The molecule has 0 saturated carbocycles. The van der Waals surface area contributed by atoms with E-state index < -0.39 is 11.6 Å². The summed E-state index contributed by atoms with van der Waals surface area (Å²) in [5.41, 5.74) is 0.175. The minimum absolute atomic E-state index is 0.0883. The number of nitrogens with zero attached hydrogens (tertiary/aromatic N) is 4. The first-order valence-corrected chi connectivity index (χ1v) is 12.2. The van der Waals surface area contributed by atoms with E-state index >= 15 is 4.39 Å². The highest BCUT2D eigenvalue weighted by Gasteiger charge is 2.19. The van der Waals surface area contributed by atoms with E-state index in [1.54, 1.807) is 12.1 Å². The van der Waals surface area contributed by atoms with E-state index in [0.29, 0.717) is 23.2 Å². The Morgan fingerprint density at radius 2 is 1.83 bits per heavy atom. The molecule has 6 nitrogen and oxygen atoms in total. The van der Waals surface area contributed by atoms with Gasteiger partial charge in [-0.25, -0.2) is 18.7 Å². The fraction of sp³-hybridized carbons (Fsp3) is 0.346. The summed E-state index contributed by atoms with van der Waals surface area (Å²) in [6.07, 6.45) is 2.40. The third-order valence-electron chi connectivity index (χ3n) is 4.46. The first-order valence-electron chi connectivity index (χ1n) is 11.4. The van der Waals surface area contributed by atoms with Crippen molar-refractivity contribution in [2.24, 2.45) is 4.99 Å². The van der Waals surface area contributed by atoms with Crippen LogP contribution in [0.5, 0.6) is 5.75 Å². The van der Waals surface area contributed by atoms with Crippen molar-refractivity contribution >= 4 is 56.8 Å². The molecule has 2 aromatic carbocycles. The fourth-order valence-electron chi connectivity index (χ4n) is 3.28. The quantitative estimate of drug-likeness (QED) is 0.291. The molecule has 0 bridgehead atoms. The van der Waals surface area contributed by atoms with Gasteiger partial charge in [0, 0.05) is 22.6 Å². The molecule has 0 spiro atoms. The molecule has 1 aromatic heterocycles. The van der Waals surface area contributed by atoms with E-state index in [2.05, 4.69) is 49.5 Å². The standard InChI is InChI=1S/C22H22BrF2N5O.2C2H6/c1-6-14-20(25)17(9-15(24)21(14)26-3)29-22-19-16(27-11-28-22)7-13(23)8-18(19)31-12(2)10-30(4)5;2*1-2/h6-9,11-12H,1,3,10H2,2,4-5H3,(H,27,28,29);2*1-2H3. The van der Waals surface area contributed by atoms with Gasteiger partial charge in [-0.1, -0.05) is 56.3 Å². The van der Waals surface area contributed by atoms with Gasteiger partial charge in [0.2, 0.25) is 0 Å². The lowest BCUT2D eigenvalue weighted by molar-refractivity contribution is 0.179. The number of anilines is 2.